The smallest absolute Gasteiger partial charge is 0.0629 e. The van der Waals surface area contributed by atoms with Crippen molar-refractivity contribution in [2.24, 2.45) is 0 Å². The monoisotopic (exact) mass is 596 g/mol. The van der Waals surface area contributed by atoms with E-state index >= 15 is 0 Å². The van der Waals surface area contributed by atoms with Gasteiger partial charge in [-0.25, -0.2) is 0 Å². The molecule has 0 aliphatic heterocycles. The lowest BCUT2D eigenvalue weighted by atomic mass is 9.87. The van der Waals surface area contributed by atoms with Gasteiger partial charge in [0.2, 0.25) is 0 Å². The van der Waals surface area contributed by atoms with E-state index in [2.05, 4.69) is 148 Å². The molecular formula is C44H40N2. The summed E-state index contributed by atoms with van der Waals surface area (Å²) in [4.78, 5) is 8.96. The normalized spacial score (nSPS) is 11.6. The number of hydrogen-bond acceptors (Lipinski definition) is 2. The first-order valence-corrected chi connectivity index (χ1v) is 15.7. The van der Waals surface area contributed by atoms with Gasteiger partial charge in [-0.1, -0.05) is 114 Å². The summed E-state index contributed by atoms with van der Waals surface area (Å²) in [5.41, 5.74) is 10.2. The molecule has 0 amide bonds. The zero-order chi connectivity index (χ0) is 32.6. The maximum atomic E-state index is 4.48. The van der Waals surface area contributed by atoms with Crippen molar-refractivity contribution in [2.75, 3.05) is 0 Å². The van der Waals surface area contributed by atoms with E-state index in [-0.39, 0.29) is 10.8 Å². The highest BCUT2D eigenvalue weighted by molar-refractivity contribution is 5.78. The fraction of sp³-hybridized carbons (Fsp3) is 0.182. The van der Waals surface area contributed by atoms with E-state index < -0.39 is 0 Å². The van der Waals surface area contributed by atoms with Crippen LogP contribution in [0.1, 0.15) is 97.4 Å². The molecule has 0 spiro atoms. The molecule has 2 heterocycles. The molecule has 0 aliphatic rings. The van der Waals surface area contributed by atoms with Crippen LogP contribution in [0.5, 0.6) is 0 Å². The fourth-order valence-electron chi connectivity index (χ4n) is 4.81. The number of nitrogens with zero attached hydrogens (tertiary/aromatic N) is 2. The van der Waals surface area contributed by atoms with Crippen molar-refractivity contribution >= 4 is 24.3 Å². The molecular weight excluding hydrogens is 556 g/mol. The third-order valence-corrected chi connectivity index (χ3v) is 7.65. The first-order valence-electron chi connectivity index (χ1n) is 15.7. The molecule has 0 N–H and O–H groups in total. The Balaban J connectivity index is 1.61. The van der Waals surface area contributed by atoms with Crippen molar-refractivity contribution in [1.82, 2.24) is 9.97 Å². The Morgan fingerprint density at radius 1 is 0.457 bits per heavy atom. The molecule has 0 aliphatic carbocycles. The summed E-state index contributed by atoms with van der Waals surface area (Å²) in [5, 5.41) is 0. The Morgan fingerprint density at radius 3 is 1.17 bits per heavy atom. The van der Waals surface area contributed by atoms with Gasteiger partial charge in [-0.05, 0) is 106 Å². The van der Waals surface area contributed by atoms with Crippen LogP contribution < -0.4 is 0 Å². The van der Waals surface area contributed by atoms with E-state index in [1.54, 1.807) is 12.4 Å². The van der Waals surface area contributed by atoms with Crippen LogP contribution in [0.25, 0.3) is 24.3 Å². The lowest BCUT2D eigenvalue weighted by molar-refractivity contribution is 0.590. The van der Waals surface area contributed by atoms with Gasteiger partial charge in [0.15, 0.2) is 0 Å². The van der Waals surface area contributed by atoms with Gasteiger partial charge in [-0.3, -0.25) is 9.97 Å². The van der Waals surface area contributed by atoms with E-state index in [1.165, 1.54) is 11.1 Å². The Morgan fingerprint density at radius 2 is 0.848 bits per heavy atom. The standard InChI is InChI=1S/C44H40N2/c1-43(2,3)39-23-15-33(16-24-39)13-19-35-31-38(22-28-42-12-8-10-30-46-42)36(32-37(35)21-27-41-11-7-9-29-45-41)20-14-34-17-25-40(26-18-34)44(4,5)6/h7-12,15-18,21-32H,1-6H3/b27-21+,28-22+. The van der Waals surface area contributed by atoms with E-state index in [0.717, 1.165) is 44.8 Å². The maximum absolute atomic E-state index is 4.48. The molecule has 2 heteroatoms. The van der Waals surface area contributed by atoms with Crippen LogP contribution >= 0.6 is 0 Å². The molecule has 0 fully saturated rings. The van der Waals surface area contributed by atoms with Crippen molar-refractivity contribution in [3.8, 4) is 23.7 Å². The zero-order valence-corrected chi connectivity index (χ0v) is 27.6. The average molecular weight is 597 g/mol. The summed E-state index contributed by atoms with van der Waals surface area (Å²) in [6, 6.07) is 33.1. The van der Waals surface area contributed by atoms with Gasteiger partial charge in [0, 0.05) is 34.6 Å². The van der Waals surface area contributed by atoms with Gasteiger partial charge in [0.1, 0.15) is 0 Å². The molecule has 226 valence electrons. The number of hydrogen-bond donors (Lipinski definition) is 0. The predicted octanol–water partition coefficient (Wildman–Crippen LogP) is 10.2. The number of rotatable bonds is 4. The van der Waals surface area contributed by atoms with E-state index in [9.17, 15) is 0 Å². The predicted molar refractivity (Wildman–Crippen MR) is 195 cm³/mol. The third-order valence-electron chi connectivity index (χ3n) is 7.65. The van der Waals surface area contributed by atoms with Gasteiger partial charge in [0.05, 0.1) is 11.4 Å². The lowest BCUT2D eigenvalue weighted by Crippen LogP contribution is -2.10. The molecule has 2 nitrogen and oxygen atoms in total. The van der Waals surface area contributed by atoms with Gasteiger partial charge < -0.3 is 0 Å². The van der Waals surface area contributed by atoms with Crippen LogP contribution in [0.4, 0.5) is 0 Å². The minimum absolute atomic E-state index is 0.0930. The first kappa shape index (κ1) is 32.0. The summed E-state index contributed by atoms with van der Waals surface area (Å²) < 4.78 is 0. The number of aromatic nitrogens is 2. The molecule has 0 unspecified atom stereocenters. The molecule has 0 atom stereocenters. The van der Waals surface area contributed by atoms with Crippen molar-refractivity contribution in [3.05, 3.63) is 165 Å². The Kier molecular flexibility index (Phi) is 9.81. The molecule has 0 saturated carbocycles. The molecule has 3 aromatic carbocycles. The van der Waals surface area contributed by atoms with E-state index in [1.807, 2.05) is 48.6 Å². The summed E-state index contributed by atoms with van der Waals surface area (Å²) in [6.07, 6.45) is 11.8. The number of pyridine rings is 2. The van der Waals surface area contributed by atoms with Crippen LogP contribution in [0.2, 0.25) is 0 Å². The topological polar surface area (TPSA) is 25.8 Å². The molecule has 0 radical (unpaired) electrons. The van der Waals surface area contributed by atoms with Crippen molar-refractivity contribution in [3.63, 3.8) is 0 Å². The Hall–Kier alpha value is -5.44. The summed E-state index contributed by atoms with van der Waals surface area (Å²) >= 11 is 0. The maximum Gasteiger partial charge on any atom is 0.0629 e. The summed E-state index contributed by atoms with van der Waals surface area (Å²) in [7, 11) is 0. The highest BCUT2D eigenvalue weighted by Crippen LogP contribution is 2.24. The van der Waals surface area contributed by atoms with Crippen molar-refractivity contribution in [1.29, 1.82) is 0 Å². The largest absolute Gasteiger partial charge is 0.257 e. The SMILES string of the molecule is CC(C)(C)c1ccc(C#Cc2cc(/C=C/c3ccccn3)c(C#Cc3ccc(C(C)(C)C)cc3)cc2/C=C/c2ccccn2)cc1. The lowest BCUT2D eigenvalue weighted by Gasteiger charge is -2.18. The molecule has 0 bridgehead atoms. The molecule has 5 aromatic rings. The van der Waals surface area contributed by atoms with Crippen LogP contribution in [0.3, 0.4) is 0 Å². The zero-order valence-electron chi connectivity index (χ0n) is 27.6. The highest BCUT2D eigenvalue weighted by Gasteiger charge is 2.13. The third kappa shape index (κ3) is 8.81. The van der Waals surface area contributed by atoms with Crippen LogP contribution in [-0.4, -0.2) is 9.97 Å². The quantitative estimate of drug-likeness (QED) is 0.193. The second-order valence-electron chi connectivity index (χ2n) is 13.4. The minimum atomic E-state index is 0.0930. The Bertz CT molecular complexity index is 1810. The molecule has 0 saturated heterocycles. The number of benzene rings is 3. The summed E-state index contributed by atoms with van der Waals surface area (Å²) in [5.74, 6) is 13.7. The van der Waals surface area contributed by atoms with Gasteiger partial charge >= 0.3 is 0 Å². The van der Waals surface area contributed by atoms with E-state index in [4.69, 9.17) is 0 Å². The second kappa shape index (κ2) is 14.1. The van der Waals surface area contributed by atoms with Crippen LogP contribution in [0, 0.1) is 23.7 Å². The molecule has 46 heavy (non-hydrogen) atoms. The van der Waals surface area contributed by atoms with E-state index in [0.29, 0.717) is 0 Å². The first-order chi connectivity index (χ1) is 22.0. The fourth-order valence-corrected chi connectivity index (χ4v) is 4.81. The van der Waals surface area contributed by atoms with Gasteiger partial charge in [-0.2, -0.15) is 0 Å². The second-order valence-corrected chi connectivity index (χ2v) is 13.4. The van der Waals surface area contributed by atoms with Crippen LogP contribution in [0.15, 0.2) is 109 Å². The van der Waals surface area contributed by atoms with Crippen molar-refractivity contribution in [2.45, 2.75) is 52.4 Å². The average Bonchev–Trinajstić information content (AvgIpc) is 3.05. The summed E-state index contributed by atoms with van der Waals surface area (Å²) in [6.45, 7) is 13.3. The molecule has 2 aromatic heterocycles. The van der Waals surface area contributed by atoms with Gasteiger partial charge in [-0.15, -0.1) is 0 Å². The highest BCUT2D eigenvalue weighted by atomic mass is 14.7. The van der Waals surface area contributed by atoms with Crippen LogP contribution in [-0.2, 0) is 10.8 Å². The van der Waals surface area contributed by atoms with Crippen molar-refractivity contribution < 1.29 is 0 Å². The molecule has 5 rings (SSSR count). The Labute approximate surface area is 275 Å². The van der Waals surface area contributed by atoms with Gasteiger partial charge in [0.25, 0.3) is 0 Å². The minimum Gasteiger partial charge on any atom is -0.257 e.